The third kappa shape index (κ3) is 2.47. The third-order valence-corrected chi connectivity index (χ3v) is 3.74. The molecule has 1 amide bonds. The summed E-state index contributed by atoms with van der Waals surface area (Å²) in [6.45, 7) is 1.49. The summed E-state index contributed by atoms with van der Waals surface area (Å²) >= 11 is 0. The maximum atomic E-state index is 12.5. The van der Waals surface area contributed by atoms with Gasteiger partial charge in [0.15, 0.2) is 0 Å². The second-order valence-electron chi connectivity index (χ2n) is 5.22. The van der Waals surface area contributed by atoms with E-state index in [0.717, 1.165) is 35.7 Å². The summed E-state index contributed by atoms with van der Waals surface area (Å²) in [5, 5.41) is 2.27. The van der Waals surface area contributed by atoms with Gasteiger partial charge in [-0.25, -0.2) is 0 Å². The topological polar surface area (TPSA) is 46.3 Å². The number of rotatable bonds is 1. The monoisotopic (exact) mass is 254 g/mol. The average Bonchev–Trinajstić information content (AvgIpc) is 2.46. The molecule has 0 unspecified atom stereocenters. The number of nitrogens with two attached hydrogens (primary N) is 1. The Morgan fingerprint density at radius 2 is 1.95 bits per heavy atom. The van der Waals surface area contributed by atoms with Gasteiger partial charge < -0.3 is 10.6 Å². The van der Waals surface area contributed by atoms with Crippen LogP contribution in [0.2, 0.25) is 0 Å². The van der Waals surface area contributed by atoms with Crippen molar-refractivity contribution >= 4 is 16.7 Å². The third-order valence-electron chi connectivity index (χ3n) is 3.74. The van der Waals surface area contributed by atoms with Crippen LogP contribution in [0.3, 0.4) is 0 Å². The number of fused-ring (bicyclic) bond motifs is 1. The maximum Gasteiger partial charge on any atom is 0.253 e. The van der Waals surface area contributed by atoms with Gasteiger partial charge in [0, 0.05) is 24.7 Å². The van der Waals surface area contributed by atoms with Crippen molar-refractivity contribution in [2.24, 2.45) is 5.73 Å². The van der Waals surface area contributed by atoms with Gasteiger partial charge in [0.2, 0.25) is 0 Å². The Labute approximate surface area is 113 Å². The highest BCUT2D eigenvalue weighted by Gasteiger charge is 2.22. The van der Waals surface area contributed by atoms with Gasteiger partial charge in [0.05, 0.1) is 0 Å². The molecule has 1 aliphatic heterocycles. The maximum absolute atomic E-state index is 12.5. The van der Waals surface area contributed by atoms with E-state index in [2.05, 4.69) is 6.07 Å². The lowest BCUT2D eigenvalue weighted by molar-refractivity contribution is 0.0709. The smallest absolute Gasteiger partial charge is 0.253 e. The van der Waals surface area contributed by atoms with Gasteiger partial charge in [-0.2, -0.15) is 0 Å². The SMILES string of the molecule is N[C@@H]1CCCN(C(=O)c2ccc3ccccc3c2)C1. The van der Waals surface area contributed by atoms with E-state index in [4.69, 9.17) is 5.73 Å². The highest BCUT2D eigenvalue weighted by molar-refractivity contribution is 5.98. The Hall–Kier alpha value is -1.87. The second-order valence-corrected chi connectivity index (χ2v) is 5.22. The lowest BCUT2D eigenvalue weighted by atomic mass is 10.0. The Morgan fingerprint density at radius 1 is 1.16 bits per heavy atom. The van der Waals surface area contributed by atoms with Crippen LogP contribution in [0, 0.1) is 0 Å². The number of hydrogen-bond donors (Lipinski definition) is 1. The van der Waals surface area contributed by atoms with E-state index in [1.165, 1.54) is 0 Å². The van der Waals surface area contributed by atoms with Crippen LogP contribution >= 0.6 is 0 Å². The molecule has 98 valence electrons. The van der Waals surface area contributed by atoms with E-state index in [0.29, 0.717) is 6.54 Å². The van der Waals surface area contributed by atoms with E-state index in [-0.39, 0.29) is 11.9 Å². The fraction of sp³-hybridized carbons (Fsp3) is 0.312. The molecule has 2 aromatic rings. The van der Waals surface area contributed by atoms with Crippen LogP contribution in [-0.2, 0) is 0 Å². The molecule has 3 heteroatoms. The van der Waals surface area contributed by atoms with Crippen LogP contribution in [0.5, 0.6) is 0 Å². The van der Waals surface area contributed by atoms with Crippen molar-refractivity contribution in [1.29, 1.82) is 0 Å². The predicted octanol–water partition coefficient (Wildman–Crippen LogP) is 2.40. The van der Waals surface area contributed by atoms with Crippen LogP contribution in [0.25, 0.3) is 10.8 Å². The number of benzene rings is 2. The molecule has 2 N–H and O–H groups in total. The molecular weight excluding hydrogens is 236 g/mol. The van der Waals surface area contributed by atoms with Gasteiger partial charge in [0.1, 0.15) is 0 Å². The highest BCUT2D eigenvalue weighted by Crippen LogP contribution is 2.18. The Balaban J connectivity index is 1.88. The summed E-state index contributed by atoms with van der Waals surface area (Å²) in [6.07, 6.45) is 2.02. The number of likely N-dealkylation sites (tertiary alicyclic amines) is 1. The van der Waals surface area contributed by atoms with Crippen molar-refractivity contribution in [3.63, 3.8) is 0 Å². The summed E-state index contributed by atoms with van der Waals surface area (Å²) in [7, 11) is 0. The molecular formula is C16H18N2O. The normalized spacial score (nSPS) is 19.6. The average molecular weight is 254 g/mol. The largest absolute Gasteiger partial charge is 0.337 e. The molecule has 1 saturated heterocycles. The van der Waals surface area contributed by atoms with Crippen LogP contribution in [0.15, 0.2) is 42.5 Å². The fourth-order valence-electron chi connectivity index (χ4n) is 2.70. The van der Waals surface area contributed by atoms with Crippen LogP contribution in [-0.4, -0.2) is 29.9 Å². The Kier molecular flexibility index (Phi) is 3.22. The summed E-state index contributed by atoms with van der Waals surface area (Å²) in [5.41, 5.74) is 6.69. The van der Waals surface area contributed by atoms with Crippen LogP contribution < -0.4 is 5.73 Å². The van der Waals surface area contributed by atoms with Crippen molar-refractivity contribution < 1.29 is 4.79 Å². The molecule has 0 spiro atoms. The van der Waals surface area contributed by atoms with E-state index in [1.807, 2.05) is 41.3 Å². The van der Waals surface area contributed by atoms with Crippen molar-refractivity contribution in [2.75, 3.05) is 13.1 Å². The summed E-state index contributed by atoms with van der Waals surface area (Å²) in [6, 6.07) is 14.1. The number of nitrogens with zero attached hydrogens (tertiary/aromatic N) is 1. The highest BCUT2D eigenvalue weighted by atomic mass is 16.2. The lowest BCUT2D eigenvalue weighted by Gasteiger charge is -2.30. The molecule has 1 fully saturated rings. The van der Waals surface area contributed by atoms with E-state index in [9.17, 15) is 4.79 Å². The molecule has 1 atom stereocenters. The molecule has 0 aromatic heterocycles. The Morgan fingerprint density at radius 3 is 2.74 bits per heavy atom. The summed E-state index contributed by atoms with van der Waals surface area (Å²) < 4.78 is 0. The van der Waals surface area contributed by atoms with Gasteiger partial charge in [-0.05, 0) is 35.7 Å². The minimum absolute atomic E-state index is 0.0981. The van der Waals surface area contributed by atoms with Gasteiger partial charge in [-0.3, -0.25) is 4.79 Å². The number of carbonyl (C=O) groups excluding carboxylic acids is 1. The zero-order valence-corrected chi connectivity index (χ0v) is 10.9. The first-order chi connectivity index (χ1) is 9.24. The van der Waals surface area contributed by atoms with Crippen molar-refractivity contribution in [3.8, 4) is 0 Å². The number of amides is 1. The van der Waals surface area contributed by atoms with Crippen LogP contribution in [0.1, 0.15) is 23.2 Å². The van der Waals surface area contributed by atoms with Crippen molar-refractivity contribution in [2.45, 2.75) is 18.9 Å². The number of piperidine rings is 1. The fourth-order valence-corrected chi connectivity index (χ4v) is 2.70. The zero-order valence-electron chi connectivity index (χ0n) is 10.9. The van der Waals surface area contributed by atoms with Gasteiger partial charge >= 0.3 is 0 Å². The molecule has 19 heavy (non-hydrogen) atoms. The number of carbonyl (C=O) groups is 1. The molecule has 1 aliphatic rings. The van der Waals surface area contributed by atoms with E-state index in [1.54, 1.807) is 0 Å². The minimum Gasteiger partial charge on any atom is -0.337 e. The second kappa shape index (κ2) is 5.02. The molecule has 1 heterocycles. The number of hydrogen-bond acceptors (Lipinski definition) is 2. The molecule has 0 saturated carbocycles. The molecule has 0 radical (unpaired) electrons. The van der Waals surface area contributed by atoms with Crippen LogP contribution in [0.4, 0.5) is 0 Å². The quantitative estimate of drug-likeness (QED) is 0.849. The molecule has 3 nitrogen and oxygen atoms in total. The summed E-state index contributed by atoms with van der Waals surface area (Å²) in [5.74, 6) is 0.0981. The zero-order chi connectivity index (χ0) is 13.2. The molecule has 0 bridgehead atoms. The standard InChI is InChI=1S/C16H18N2O/c17-15-6-3-9-18(11-15)16(19)14-8-7-12-4-1-2-5-13(12)10-14/h1-2,4-5,7-8,10,15H,3,6,9,11,17H2/t15-/m1/s1. The molecule has 2 aromatic carbocycles. The first kappa shape index (κ1) is 12.2. The van der Waals surface area contributed by atoms with E-state index >= 15 is 0 Å². The minimum atomic E-state index is 0.0981. The molecule has 0 aliphatic carbocycles. The predicted molar refractivity (Wildman–Crippen MR) is 77.1 cm³/mol. The Bertz CT molecular complexity index is 608. The van der Waals surface area contributed by atoms with Crippen molar-refractivity contribution in [3.05, 3.63) is 48.0 Å². The summed E-state index contributed by atoms with van der Waals surface area (Å²) in [4.78, 5) is 14.3. The van der Waals surface area contributed by atoms with Gasteiger partial charge in [0.25, 0.3) is 5.91 Å². The first-order valence-corrected chi connectivity index (χ1v) is 6.78. The first-order valence-electron chi connectivity index (χ1n) is 6.78. The molecule has 3 rings (SSSR count). The van der Waals surface area contributed by atoms with E-state index < -0.39 is 0 Å². The van der Waals surface area contributed by atoms with Crippen molar-refractivity contribution in [1.82, 2.24) is 4.90 Å². The lowest BCUT2D eigenvalue weighted by Crippen LogP contribution is -2.45. The van der Waals surface area contributed by atoms with Gasteiger partial charge in [-0.15, -0.1) is 0 Å². The van der Waals surface area contributed by atoms with Gasteiger partial charge in [-0.1, -0.05) is 30.3 Å².